The maximum atomic E-state index is 13.3. The van der Waals surface area contributed by atoms with Gasteiger partial charge in [-0.1, -0.05) is 30.3 Å². The van der Waals surface area contributed by atoms with E-state index in [9.17, 15) is 4.39 Å². The summed E-state index contributed by atoms with van der Waals surface area (Å²) >= 11 is 0. The summed E-state index contributed by atoms with van der Waals surface area (Å²) in [6.07, 6.45) is 3.53. The molecule has 3 nitrogen and oxygen atoms in total. The molecule has 0 aliphatic heterocycles. The van der Waals surface area contributed by atoms with Crippen LogP contribution in [0.3, 0.4) is 0 Å². The van der Waals surface area contributed by atoms with Gasteiger partial charge in [0.15, 0.2) is 0 Å². The Labute approximate surface area is 147 Å². The van der Waals surface area contributed by atoms with Gasteiger partial charge >= 0.3 is 0 Å². The Hall–Kier alpha value is -2.72. The van der Waals surface area contributed by atoms with Gasteiger partial charge in [-0.25, -0.2) is 4.39 Å². The van der Waals surface area contributed by atoms with Crippen LogP contribution in [0.4, 0.5) is 4.39 Å². The smallest absolute Gasteiger partial charge is 0.123 e. The van der Waals surface area contributed by atoms with E-state index in [0.717, 1.165) is 22.4 Å². The standard InChI is InChI=1S/C21H21FN2O/c1-15(19-5-3-4-6-20(19)25-2)24-21(17-11-13-23-14-12-17)16-7-9-18(22)10-8-16/h3-15,21,24H,1-2H3. The number of ether oxygens (including phenoxy) is 1. The fraction of sp³-hybridized carbons (Fsp3) is 0.190. The molecular formula is C21H21FN2O. The van der Waals surface area contributed by atoms with E-state index < -0.39 is 0 Å². The molecule has 0 saturated heterocycles. The monoisotopic (exact) mass is 336 g/mol. The van der Waals surface area contributed by atoms with Gasteiger partial charge < -0.3 is 4.74 Å². The van der Waals surface area contributed by atoms with Crippen molar-refractivity contribution in [1.29, 1.82) is 0 Å². The van der Waals surface area contributed by atoms with E-state index in [0.29, 0.717) is 0 Å². The molecule has 3 rings (SSSR count). The van der Waals surface area contributed by atoms with Gasteiger partial charge in [-0.05, 0) is 48.4 Å². The number of hydrogen-bond donors (Lipinski definition) is 1. The Bertz CT molecular complexity index is 806. The Morgan fingerprint density at radius 1 is 0.920 bits per heavy atom. The molecule has 1 aromatic heterocycles. The number of aromatic nitrogens is 1. The third kappa shape index (κ3) is 4.03. The number of halogens is 1. The number of pyridine rings is 1. The summed E-state index contributed by atoms with van der Waals surface area (Å²) in [6.45, 7) is 2.09. The van der Waals surface area contributed by atoms with Crippen LogP contribution in [-0.2, 0) is 0 Å². The minimum atomic E-state index is -0.241. The van der Waals surface area contributed by atoms with Gasteiger partial charge in [0.2, 0.25) is 0 Å². The van der Waals surface area contributed by atoms with E-state index in [1.807, 2.05) is 48.5 Å². The predicted octanol–water partition coefficient (Wildman–Crippen LogP) is 4.67. The average molecular weight is 336 g/mol. The molecule has 0 saturated carbocycles. The van der Waals surface area contributed by atoms with Gasteiger partial charge in [-0.3, -0.25) is 10.3 Å². The van der Waals surface area contributed by atoms with Gasteiger partial charge in [0.1, 0.15) is 11.6 Å². The molecule has 25 heavy (non-hydrogen) atoms. The highest BCUT2D eigenvalue weighted by molar-refractivity contribution is 5.37. The molecule has 3 aromatic rings. The molecule has 0 aliphatic carbocycles. The molecule has 1 N–H and O–H groups in total. The number of benzene rings is 2. The lowest BCUT2D eigenvalue weighted by atomic mass is 9.97. The third-order valence-corrected chi connectivity index (χ3v) is 4.26. The molecule has 4 heteroatoms. The highest BCUT2D eigenvalue weighted by Crippen LogP contribution is 2.29. The predicted molar refractivity (Wildman–Crippen MR) is 97.0 cm³/mol. The SMILES string of the molecule is COc1ccccc1C(C)NC(c1ccncc1)c1ccc(F)cc1. The summed E-state index contributed by atoms with van der Waals surface area (Å²) in [4.78, 5) is 4.09. The first-order valence-electron chi connectivity index (χ1n) is 8.23. The fourth-order valence-corrected chi connectivity index (χ4v) is 2.96. The molecule has 1 heterocycles. The van der Waals surface area contributed by atoms with Gasteiger partial charge in [-0.2, -0.15) is 0 Å². The van der Waals surface area contributed by atoms with Crippen molar-refractivity contribution in [3.63, 3.8) is 0 Å². The second-order valence-corrected chi connectivity index (χ2v) is 5.90. The largest absolute Gasteiger partial charge is 0.496 e. The van der Waals surface area contributed by atoms with E-state index in [2.05, 4.69) is 17.2 Å². The number of nitrogens with one attached hydrogen (secondary N) is 1. The lowest BCUT2D eigenvalue weighted by molar-refractivity contribution is 0.398. The van der Waals surface area contributed by atoms with Crippen LogP contribution in [0.2, 0.25) is 0 Å². The number of nitrogens with zero attached hydrogens (tertiary/aromatic N) is 1. The zero-order chi connectivity index (χ0) is 17.6. The van der Waals surface area contributed by atoms with Gasteiger partial charge in [0.25, 0.3) is 0 Å². The highest BCUT2D eigenvalue weighted by Gasteiger charge is 2.19. The van der Waals surface area contributed by atoms with Crippen molar-refractivity contribution in [3.8, 4) is 5.75 Å². The molecule has 0 amide bonds. The number of para-hydroxylation sites is 1. The first kappa shape index (κ1) is 17.1. The molecule has 2 aromatic carbocycles. The zero-order valence-corrected chi connectivity index (χ0v) is 14.3. The highest BCUT2D eigenvalue weighted by atomic mass is 19.1. The second-order valence-electron chi connectivity index (χ2n) is 5.90. The van der Waals surface area contributed by atoms with Gasteiger partial charge in [0, 0.05) is 24.0 Å². The van der Waals surface area contributed by atoms with E-state index >= 15 is 0 Å². The molecule has 0 radical (unpaired) electrons. The summed E-state index contributed by atoms with van der Waals surface area (Å²) in [7, 11) is 1.67. The Kier molecular flexibility index (Phi) is 5.41. The average Bonchev–Trinajstić information content (AvgIpc) is 2.67. The van der Waals surface area contributed by atoms with Crippen molar-refractivity contribution in [2.45, 2.75) is 19.0 Å². The first-order valence-corrected chi connectivity index (χ1v) is 8.23. The first-order chi connectivity index (χ1) is 12.2. The lowest BCUT2D eigenvalue weighted by Crippen LogP contribution is -2.26. The van der Waals surface area contributed by atoms with Crippen molar-refractivity contribution in [3.05, 3.63) is 95.6 Å². The number of rotatable bonds is 6. The van der Waals surface area contributed by atoms with E-state index in [1.54, 1.807) is 19.5 Å². The summed E-state index contributed by atoms with van der Waals surface area (Å²) in [5.74, 6) is 0.602. The van der Waals surface area contributed by atoms with Crippen molar-refractivity contribution >= 4 is 0 Å². The van der Waals surface area contributed by atoms with Crippen LogP contribution in [0.25, 0.3) is 0 Å². The van der Waals surface area contributed by atoms with E-state index in [4.69, 9.17) is 4.74 Å². The molecule has 0 bridgehead atoms. The minimum absolute atomic E-state index is 0.0411. The van der Waals surface area contributed by atoms with Crippen molar-refractivity contribution in [2.75, 3.05) is 7.11 Å². The second kappa shape index (κ2) is 7.90. The Morgan fingerprint density at radius 3 is 2.24 bits per heavy atom. The van der Waals surface area contributed by atoms with E-state index in [1.165, 1.54) is 12.1 Å². The van der Waals surface area contributed by atoms with E-state index in [-0.39, 0.29) is 17.9 Å². The van der Waals surface area contributed by atoms with Crippen LogP contribution in [0, 0.1) is 5.82 Å². The molecule has 0 spiro atoms. The molecule has 0 fully saturated rings. The van der Waals surface area contributed by atoms with Crippen molar-refractivity contribution < 1.29 is 9.13 Å². The quantitative estimate of drug-likeness (QED) is 0.710. The Morgan fingerprint density at radius 2 is 1.56 bits per heavy atom. The van der Waals surface area contributed by atoms with Gasteiger partial charge in [0.05, 0.1) is 13.2 Å². The van der Waals surface area contributed by atoms with Crippen molar-refractivity contribution in [1.82, 2.24) is 10.3 Å². The van der Waals surface area contributed by atoms with Crippen LogP contribution in [0.15, 0.2) is 73.1 Å². The molecular weight excluding hydrogens is 315 g/mol. The topological polar surface area (TPSA) is 34.1 Å². The van der Waals surface area contributed by atoms with Crippen LogP contribution < -0.4 is 10.1 Å². The number of hydrogen-bond acceptors (Lipinski definition) is 3. The van der Waals surface area contributed by atoms with Gasteiger partial charge in [-0.15, -0.1) is 0 Å². The summed E-state index contributed by atoms with van der Waals surface area (Å²) in [5, 5.41) is 3.63. The lowest BCUT2D eigenvalue weighted by Gasteiger charge is -2.25. The summed E-state index contributed by atoms with van der Waals surface area (Å²) < 4.78 is 18.8. The minimum Gasteiger partial charge on any atom is -0.496 e. The maximum Gasteiger partial charge on any atom is 0.123 e. The molecule has 0 aliphatic rings. The zero-order valence-electron chi connectivity index (χ0n) is 14.3. The maximum absolute atomic E-state index is 13.3. The van der Waals surface area contributed by atoms with Crippen LogP contribution in [0.5, 0.6) is 5.75 Å². The third-order valence-electron chi connectivity index (χ3n) is 4.26. The van der Waals surface area contributed by atoms with Crippen LogP contribution >= 0.6 is 0 Å². The fourth-order valence-electron chi connectivity index (χ4n) is 2.96. The van der Waals surface area contributed by atoms with Crippen LogP contribution in [-0.4, -0.2) is 12.1 Å². The summed E-state index contributed by atoms with van der Waals surface area (Å²) in [6, 6.07) is 18.4. The van der Waals surface area contributed by atoms with Crippen molar-refractivity contribution in [2.24, 2.45) is 0 Å². The Balaban J connectivity index is 1.93. The van der Waals surface area contributed by atoms with Crippen LogP contribution in [0.1, 0.15) is 35.7 Å². The number of methoxy groups -OCH3 is 1. The summed E-state index contributed by atoms with van der Waals surface area (Å²) in [5.41, 5.74) is 3.14. The molecule has 2 unspecified atom stereocenters. The normalized spacial score (nSPS) is 13.2. The molecule has 2 atom stereocenters. The molecule has 128 valence electrons.